The van der Waals surface area contributed by atoms with Crippen molar-refractivity contribution in [2.75, 3.05) is 19.6 Å². The van der Waals surface area contributed by atoms with Gasteiger partial charge in [0.25, 0.3) is 0 Å². The molecule has 0 aromatic heterocycles. The minimum Gasteiger partial charge on any atom is -0.337 e. The molecule has 3 nitrogen and oxygen atoms in total. The van der Waals surface area contributed by atoms with Gasteiger partial charge in [-0.3, -0.25) is 4.79 Å². The number of rotatable bonds is 1. The smallest absolute Gasteiger partial charge is 0.227 e. The fourth-order valence-electron chi connectivity index (χ4n) is 2.60. The first-order chi connectivity index (χ1) is 6.61. The van der Waals surface area contributed by atoms with Crippen LogP contribution < -0.4 is 5.32 Å². The summed E-state index contributed by atoms with van der Waals surface area (Å²) in [6.07, 6.45) is 3.34. The summed E-state index contributed by atoms with van der Waals surface area (Å²) in [5, 5.41) is 3.26. The summed E-state index contributed by atoms with van der Waals surface area (Å²) in [6, 6.07) is 0. The highest BCUT2D eigenvalue weighted by Crippen LogP contribution is 2.30. The molecule has 0 unspecified atom stereocenters. The standard InChI is InChI=1S/C11H20N2O.ClH/c1-11(2)5-3-7-13(11)10(14)9-4-6-12-8-9;/h9,12H,3-8H2,1-2H3;1H/t9-;/m1./s1. The normalized spacial score (nSPS) is 28.9. The van der Waals surface area contributed by atoms with Crippen molar-refractivity contribution in [3.63, 3.8) is 0 Å². The molecular weight excluding hydrogens is 212 g/mol. The van der Waals surface area contributed by atoms with Crippen molar-refractivity contribution in [2.24, 2.45) is 5.92 Å². The topological polar surface area (TPSA) is 32.3 Å². The van der Waals surface area contributed by atoms with Crippen LogP contribution in [0.5, 0.6) is 0 Å². The van der Waals surface area contributed by atoms with E-state index in [1.54, 1.807) is 0 Å². The number of hydrogen-bond donors (Lipinski definition) is 1. The Hall–Kier alpha value is -0.280. The molecule has 0 aromatic carbocycles. The molecule has 2 fully saturated rings. The zero-order valence-electron chi connectivity index (χ0n) is 9.58. The average molecular weight is 233 g/mol. The van der Waals surface area contributed by atoms with Gasteiger partial charge in [-0.15, -0.1) is 12.4 Å². The SMILES string of the molecule is CC1(C)CCCN1C(=O)[C@@H]1CCNC1.Cl. The van der Waals surface area contributed by atoms with Crippen molar-refractivity contribution in [1.82, 2.24) is 10.2 Å². The second kappa shape index (κ2) is 4.71. The molecule has 0 spiro atoms. The van der Waals surface area contributed by atoms with E-state index < -0.39 is 0 Å². The van der Waals surface area contributed by atoms with Gasteiger partial charge in [0.05, 0.1) is 5.92 Å². The van der Waals surface area contributed by atoms with Gasteiger partial charge in [0.2, 0.25) is 5.91 Å². The maximum atomic E-state index is 12.1. The fraction of sp³-hybridized carbons (Fsp3) is 0.909. The number of hydrogen-bond acceptors (Lipinski definition) is 2. The van der Waals surface area contributed by atoms with Gasteiger partial charge in [0, 0.05) is 18.6 Å². The molecule has 2 heterocycles. The van der Waals surface area contributed by atoms with E-state index in [0.717, 1.165) is 32.5 Å². The van der Waals surface area contributed by atoms with Crippen molar-refractivity contribution in [1.29, 1.82) is 0 Å². The molecule has 0 bridgehead atoms. The Morgan fingerprint density at radius 2 is 2.20 bits per heavy atom. The molecule has 1 N–H and O–H groups in total. The minimum atomic E-state index is 0. The molecule has 1 amide bonds. The monoisotopic (exact) mass is 232 g/mol. The Morgan fingerprint density at radius 1 is 1.47 bits per heavy atom. The first-order valence-electron chi connectivity index (χ1n) is 5.63. The summed E-state index contributed by atoms with van der Waals surface area (Å²) in [5.74, 6) is 0.616. The summed E-state index contributed by atoms with van der Waals surface area (Å²) in [6.45, 7) is 7.21. The predicted molar refractivity (Wildman–Crippen MR) is 63.3 cm³/mol. The van der Waals surface area contributed by atoms with E-state index in [4.69, 9.17) is 0 Å². The van der Waals surface area contributed by atoms with E-state index in [0.29, 0.717) is 5.91 Å². The lowest BCUT2D eigenvalue weighted by molar-refractivity contribution is -0.138. The van der Waals surface area contributed by atoms with Gasteiger partial charge >= 0.3 is 0 Å². The second-order valence-electron chi connectivity index (χ2n) is 5.10. The Kier molecular flexibility index (Phi) is 4.01. The van der Waals surface area contributed by atoms with E-state index in [1.807, 2.05) is 0 Å². The molecule has 2 aliphatic heterocycles. The summed E-state index contributed by atoms with van der Waals surface area (Å²) < 4.78 is 0. The van der Waals surface area contributed by atoms with Crippen LogP contribution in [0, 0.1) is 5.92 Å². The summed E-state index contributed by atoms with van der Waals surface area (Å²) in [5.41, 5.74) is 0.0969. The fourth-order valence-corrected chi connectivity index (χ4v) is 2.60. The third-order valence-electron chi connectivity index (χ3n) is 3.58. The van der Waals surface area contributed by atoms with E-state index in [9.17, 15) is 4.79 Å². The van der Waals surface area contributed by atoms with Crippen LogP contribution in [-0.2, 0) is 4.79 Å². The van der Waals surface area contributed by atoms with Crippen molar-refractivity contribution >= 4 is 18.3 Å². The maximum Gasteiger partial charge on any atom is 0.227 e. The molecule has 0 aliphatic carbocycles. The Labute approximate surface area is 98.0 Å². The molecule has 0 aromatic rings. The number of amides is 1. The average Bonchev–Trinajstić information content (AvgIpc) is 2.71. The number of carbonyl (C=O) groups is 1. The molecule has 0 radical (unpaired) electrons. The molecule has 88 valence electrons. The van der Waals surface area contributed by atoms with Gasteiger partial charge in [0.1, 0.15) is 0 Å². The van der Waals surface area contributed by atoms with Crippen LogP contribution in [0.4, 0.5) is 0 Å². The van der Waals surface area contributed by atoms with Crippen LogP contribution in [0.25, 0.3) is 0 Å². The van der Waals surface area contributed by atoms with Crippen LogP contribution in [0.2, 0.25) is 0 Å². The molecule has 4 heteroatoms. The zero-order chi connectivity index (χ0) is 10.2. The zero-order valence-corrected chi connectivity index (χ0v) is 10.4. The lowest BCUT2D eigenvalue weighted by Crippen LogP contribution is -2.46. The lowest BCUT2D eigenvalue weighted by atomic mass is 9.99. The van der Waals surface area contributed by atoms with Crippen LogP contribution in [0.1, 0.15) is 33.1 Å². The lowest BCUT2D eigenvalue weighted by Gasteiger charge is -2.33. The Bertz CT molecular complexity index is 237. The number of nitrogens with zero attached hydrogens (tertiary/aromatic N) is 1. The quantitative estimate of drug-likeness (QED) is 0.742. The first kappa shape index (κ1) is 12.8. The second-order valence-corrected chi connectivity index (χ2v) is 5.10. The summed E-state index contributed by atoms with van der Waals surface area (Å²) in [7, 11) is 0. The van der Waals surface area contributed by atoms with E-state index >= 15 is 0 Å². The number of carbonyl (C=O) groups excluding carboxylic acids is 1. The van der Waals surface area contributed by atoms with Crippen molar-refractivity contribution in [2.45, 2.75) is 38.6 Å². The highest BCUT2D eigenvalue weighted by Gasteiger charge is 2.38. The maximum absolute atomic E-state index is 12.1. The highest BCUT2D eigenvalue weighted by atomic mass is 35.5. The van der Waals surface area contributed by atoms with E-state index in [1.165, 1.54) is 6.42 Å². The van der Waals surface area contributed by atoms with Crippen molar-refractivity contribution < 1.29 is 4.79 Å². The minimum absolute atomic E-state index is 0. The van der Waals surface area contributed by atoms with Gasteiger partial charge in [0.15, 0.2) is 0 Å². The molecule has 15 heavy (non-hydrogen) atoms. The molecular formula is C11H21ClN2O. The number of halogens is 1. The van der Waals surface area contributed by atoms with Crippen molar-refractivity contribution in [3.05, 3.63) is 0 Å². The summed E-state index contributed by atoms with van der Waals surface area (Å²) >= 11 is 0. The molecule has 2 aliphatic rings. The third-order valence-corrected chi connectivity index (χ3v) is 3.58. The van der Waals surface area contributed by atoms with Crippen LogP contribution in [0.15, 0.2) is 0 Å². The van der Waals surface area contributed by atoms with Gasteiger partial charge in [-0.05, 0) is 39.7 Å². The van der Waals surface area contributed by atoms with Gasteiger partial charge in [-0.2, -0.15) is 0 Å². The molecule has 1 atom stereocenters. The number of nitrogens with one attached hydrogen (secondary N) is 1. The van der Waals surface area contributed by atoms with E-state index in [2.05, 4.69) is 24.1 Å². The predicted octanol–water partition coefficient (Wildman–Crippen LogP) is 1.42. The molecule has 2 rings (SSSR count). The highest BCUT2D eigenvalue weighted by molar-refractivity contribution is 5.85. The largest absolute Gasteiger partial charge is 0.337 e. The Balaban J connectivity index is 0.00000112. The summed E-state index contributed by atoms with van der Waals surface area (Å²) in [4.78, 5) is 14.2. The number of likely N-dealkylation sites (tertiary alicyclic amines) is 1. The first-order valence-corrected chi connectivity index (χ1v) is 5.63. The van der Waals surface area contributed by atoms with Crippen LogP contribution in [0.3, 0.4) is 0 Å². The Morgan fingerprint density at radius 3 is 2.67 bits per heavy atom. The molecule has 0 saturated carbocycles. The van der Waals surface area contributed by atoms with Crippen LogP contribution >= 0.6 is 12.4 Å². The van der Waals surface area contributed by atoms with Gasteiger partial charge in [-0.1, -0.05) is 0 Å². The third kappa shape index (κ3) is 2.45. The van der Waals surface area contributed by atoms with Gasteiger partial charge < -0.3 is 10.2 Å². The van der Waals surface area contributed by atoms with Crippen LogP contribution in [-0.4, -0.2) is 36.0 Å². The van der Waals surface area contributed by atoms with Gasteiger partial charge in [-0.25, -0.2) is 0 Å². The molecule has 2 saturated heterocycles. The van der Waals surface area contributed by atoms with Crippen molar-refractivity contribution in [3.8, 4) is 0 Å². The van der Waals surface area contributed by atoms with E-state index in [-0.39, 0.29) is 23.9 Å².